The molecule has 0 bridgehead atoms. The van der Waals surface area contributed by atoms with Gasteiger partial charge in [0.15, 0.2) is 0 Å². The molecule has 0 amide bonds. The van der Waals surface area contributed by atoms with Crippen LogP contribution < -0.4 is 5.32 Å². The maximum Gasteiger partial charge on any atom is 0.326 e. The van der Waals surface area contributed by atoms with E-state index in [2.05, 4.69) is 15.3 Å². The summed E-state index contributed by atoms with van der Waals surface area (Å²) < 4.78 is 0. The van der Waals surface area contributed by atoms with E-state index >= 15 is 0 Å². The molecule has 0 aliphatic carbocycles. The van der Waals surface area contributed by atoms with Crippen LogP contribution in [-0.4, -0.2) is 27.1 Å². The molecule has 1 atom stereocenters. The average Bonchev–Trinajstić information content (AvgIpc) is 2.95. The molecule has 0 unspecified atom stereocenters. The summed E-state index contributed by atoms with van der Waals surface area (Å²) in [6, 6.07) is 10.9. The summed E-state index contributed by atoms with van der Waals surface area (Å²) in [6.45, 7) is 4.00. The highest BCUT2D eigenvalue weighted by atomic mass is 32.1. The Kier molecular flexibility index (Phi) is 4.76. The number of nitrogens with one attached hydrogen (secondary N) is 1. The van der Waals surface area contributed by atoms with Gasteiger partial charge in [0.25, 0.3) is 0 Å². The number of carboxylic acid groups (broad SMARTS) is 1. The third kappa shape index (κ3) is 3.54. The summed E-state index contributed by atoms with van der Waals surface area (Å²) >= 11 is 1.60. The number of benzene rings is 1. The van der Waals surface area contributed by atoms with E-state index in [0.717, 1.165) is 26.5 Å². The topological polar surface area (TPSA) is 75.1 Å². The van der Waals surface area contributed by atoms with Crippen molar-refractivity contribution in [3.8, 4) is 0 Å². The predicted molar refractivity (Wildman–Crippen MR) is 96.7 cm³/mol. The largest absolute Gasteiger partial charge is 0.480 e. The van der Waals surface area contributed by atoms with Gasteiger partial charge in [0.05, 0.1) is 5.39 Å². The fourth-order valence-electron chi connectivity index (χ4n) is 2.57. The summed E-state index contributed by atoms with van der Waals surface area (Å²) in [4.78, 5) is 22.8. The number of aliphatic carboxylic acids is 1. The molecule has 3 aromatic rings. The van der Waals surface area contributed by atoms with Crippen LogP contribution >= 0.6 is 11.3 Å². The lowest BCUT2D eigenvalue weighted by Gasteiger charge is -2.16. The van der Waals surface area contributed by atoms with E-state index in [4.69, 9.17) is 0 Å². The van der Waals surface area contributed by atoms with Crippen LogP contribution in [0.1, 0.15) is 23.2 Å². The number of aromatic nitrogens is 2. The number of anilines is 1. The Bertz CT molecular complexity index is 861. The first-order valence-electron chi connectivity index (χ1n) is 7.87. The van der Waals surface area contributed by atoms with Crippen LogP contribution in [0, 0.1) is 6.92 Å². The third-order valence-corrected chi connectivity index (χ3v) is 4.71. The summed E-state index contributed by atoms with van der Waals surface area (Å²) in [5.74, 6) is 0.427. The fraction of sp³-hybridized carbons (Fsp3) is 0.278. The molecule has 0 spiro atoms. The number of carbonyl (C=O) groups is 1. The van der Waals surface area contributed by atoms with Crippen LogP contribution in [0.5, 0.6) is 0 Å². The van der Waals surface area contributed by atoms with Crippen LogP contribution in [0.2, 0.25) is 0 Å². The van der Waals surface area contributed by atoms with Crippen LogP contribution in [0.4, 0.5) is 5.82 Å². The van der Waals surface area contributed by atoms with E-state index in [0.29, 0.717) is 18.7 Å². The van der Waals surface area contributed by atoms with Crippen LogP contribution in [0.25, 0.3) is 10.2 Å². The van der Waals surface area contributed by atoms with E-state index in [1.807, 2.05) is 50.2 Å². The highest BCUT2D eigenvalue weighted by Gasteiger charge is 2.20. The Morgan fingerprint density at radius 3 is 2.71 bits per heavy atom. The van der Waals surface area contributed by atoms with E-state index in [9.17, 15) is 9.90 Å². The zero-order valence-corrected chi connectivity index (χ0v) is 14.4. The predicted octanol–water partition coefficient (Wildman–Crippen LogP) is 3.67. The molecule has 3 rings (SSSR count). The number of rotatable bonds is 6. The molecule has 2 heterocycles. The molecule has 124 valence electrons. The molecule has 0 aliphatic rings. The smallest absolute Gasteiger partial charge is 0.326 e. The van der Waals surface area contributed by atoms with Gasteiger partial charge in [0.2, 0.25) is 0 Å². The Morgan fingerprint density at radius 1 is 1.29 bits per heavy atom. The molecule has 0 aliphatic heterocycles. The van der Waals surface area contributed by atoms with Gasteiger partial charge in [-0.1, -0.05) is 37.3 Å². The molecule has 0 saturated carbocycles. The van der Waals surface area contributed by atoms with Crippen LogP contribution in [0.3, 0.4) is 0 Å². The van der Waals surface area contributed by atoms with Crippen molar-refractivity contribution in [3.63, 3.8) is 0 Å². The van der Waals surface area contributed by atoms with Crippen LogP contribution in [-0.2, 0) is 17.6 Å². The molecule has 6 heteroatoms. The molecular formula is C18H19N3O2S. The second-order valence-corrected chi connectivity index (χ2v) is 6.88. The quantitative estimate of drug-likeness (QED) is 0.715. The number of hydrogen-bond acceptors (Lipinski definition) is 5. The fourth-order valence-corrected chi connectivity index (χ4v) is 3.47. The average molecular weight is 341 g/mol. The molecular weight excluding hydrogens is 322 g/mol. The van der Waals surface area contributed by atoms with Gasteiger partial charge in [-0.15, -0.1) is 11.3 Å². The highest BCUT2D eigenvalue weighted by Crippen LogP contribution is 2.29. The standard InChI is InChI=1S/C18H19N3O2S/c1-3-15-20-16(13-9-11(2)24-17(13)21-15)19-14(18(22)23)10-12-7-5-4-6-8-12/h4-9,14H,3,10H2,1-2H3,(H,22,23)(H,19,20,21)/t14-/m1/s1. The van der Waals surface area contributed by atoms with Gasteiger partial charge in [0.1, 0.15) is 22.5 Å². The van der Waals surface area contributed by atoms with Gasteiger partial charge in [0, 0.05) is 17.7 Å². The summed E-state index contributed by atoms with van der Waals surface area (Å²) in [5.41, 5.74) is 0.972. The second-order valence-electron chi connectivity index (χ2n) is 5.64. The van der Waals surface area contributed by atoms with Gasteiger partial charge in [-0.2, -0.15) is 0 Å². The number of carboxylic acids is 1. The number of thiophene rings is 1. The lowest BCUT2D eigenvalue weighted by molar-refractivity contribution is -0.137. The summed E-state index contributed by atoms with van der Waals surface area (Å²) in [6.07, 6.45) is 1.10. The van der Waals surface area contributed by atoms with Crippen molar-refractivity contribution in [2.75, 3.05) is 5.32 Å². The minimum Gasteiger partial charge on any atom is -0.480 e. The van der Waals surface area contributed by atoms with Crippen molar-refractivity contribution in [1.29, 1.82) is 0 Å². The van der Waals surface area contributed by atoms with E-state index < -0.39 is 12.0 Å². The Morgan fingerprint density at radius 2 is 2.04 bits per heavy atom. The first-order chi connectivity index (χ1) is 11.6. The van der Waals surface area contributed by atoms with Crippen LogP contribution in [0.15, 0.2) is 36.4 Å². The molecule has 24 heavy (non-hydrogen) atoms. The van der Waals surface area contributed by atoms with Gasteiger partial charge in [-0.05, 0) is 18.6 Å². The molecule has 0 radical (unpaired) electrons. The van der Waals surface area contributed by atoms with Crippen molar-refractivity contribution in [3.05, 3.63) is 52.7 Å². The zero-order valence-electron chi connectivity index (χ0n) is 13.6. The molecule has 1 aromatic carbocycles. The molecule has 2 aromatic heterocycles. The molecule has 0 fully saturated rings. The number of hydrogen-bond donors (Lipinski definition) is 2. The molecule has 2 N–H and O–H groups in total. The van der Waals surface area contributed by atoms with Gasteiger partial charge in [-0.3, -0.25) is 0 Å². The Balaban J connectivity index is 1.94. The maximum atomic E-state index is 11.7. The maximum absolute atomic E-state index is 11.7. The first-order valence-corrected chi connectivity index (χ1v) is 8.68. The van der Waals surface area contributed by atoms with Gasteiger partial charge < -0.3 is 10.4 Å². The van der Waals surface area contributed by atoms with Crippen molar-refractivity contribution >= 4 is 33.3 Å². The van der Waals surface area contributed by atoms with Gasteiger partial charge >= 0.3 is 5.97 Å². The number of aryl methyl sites for hydroxylation is 2. The summed E-state index contributed by atoms with van der Waals surface area (Å²) in [7, 11) is 0. The van der Waals surface area contributed by atoms with E-state index in [-0.39, 0.29) is 0 Å². The molecule has 5 nitrogen and oxygen atoms in total. The molecule has 0 saturated heterocycles. The zero-order chi connectivity index (χ0) is 17.1. The second kappa shape index (κ2) is 6.97. The van der Waals surface area contributed by atoms with Crippen molar-refractivity contribution in [2.45, 2.75) is 32.7 Å². The minimum absolute atomic E-state index is 0.395. The number of fused-ring (bicyclic) bond motifs is 1. The lowest BCUT2D eigenvalue weighted by atomic mass is 10.1. The van der Waals surface area contributed by atoms with Gasteiger partial charge in [-0.25, -0.2) is 14.8 Å². The number of nitrogens with zero attached hydrogens (tertiary/aromatic N) is 2. The van der Waals surface area contributed by atoms with E-state index in [1.165, 1.54) is 0 Å². The lowest BCUT2D eigenvalue weighted by Crippen LogP contribution is -2.32. The normalized spacial score (nSPS) is 12.2. The summed E-state index contributed by atoms with van der Waals surface area (Å²) in [5, 5.41) is 13.6. The SMILES string of the molecule is CCc1nc(N[C@H](Cc2ccccc2)C(=O)O)c2cc(C)sc2n1. The van der Waals surface area contributed by atoms with Crippen molar-refractivity contribution in [1.82, 2.24) is 9.97 Å². The first kappa shape index (κ1) is 16.4. The Hall–Kier alpha value is -2.47. The van der Waals surface area contributed by atoms with Crippen molar-refractivity contribution in [2.24, 2.45) is 0 Å². The minimum atomic E-state index is -0.893. The van der Waals surface area contributed by atoms with E-state index in [1.54, 1.807) is 11.3 Å². The third-order valence-electron chi connectivity index (χ3n) is 3.77. The Labute approximate surface area is 144 Å². The highest BCUT2D eigenvalue weighted by molar-refractivity contribution is 7.18. The monoisotopic (exact) mass is 341 g/mol. The van der Waals surface area contributed by atoms with Crippen molar-refractivity contribution < 1.29 is 9.90 Å².